The van der Waals surface area contributed by atoms with Gasteiger partial charge in [0.2, 0.25) is 0 Å². The Morgan fingerprint density at radius 2 is 2.00 bits per heavy atom. The Bertz CT molecular complexity index is 586. The topological polar surface area (TPSA) is 21.3 Å². The van der Waals surface area contributed by atoms with E-state index in [0.717, 1.165) is 27.5 Å². The van der Waals surface area contributed by atoms with E-state index in [1.165, 1.54) is 11.1 Å². The lowest BCUT2D eigenvalue weighted by Crippen LogP contribution is -2.01. The van der Waals surface area contributed by atoms with Crippen LogP contribution in [-0.4, -0.2) is 7.11 Å². The first kappa shape index (κ1) is 14.2. The Morgan fingerprint density at radius 1 is 1.21 bits per heavy atom. The summed E-state index contributed by atoms with van der Waals surface area (Å²) in [5.41, 5.74) is 3.41. The zero-order chi connectivity index (χ0) is 13.8. The van der Waals surface area contributed by atoms with E-state index in [4.69, 9.17) is 16.3 Å². The molecule has 0 bridgehead atoms. The van der Waals surface area contributed by atoms with Gasteiger partial charge in [0.1, 0.15) is 5.75 Å². The summed E-state index contributed by atoms with van der Waals surface area (Å²) in [6.45, 7) is 2.80. The number of hydrogen-bond acceptors (Lipinski definition) is 2. The highest BCUT2D eigenvalue weighted by molar-refractivity contribution is 9.10. The van der Waals surface area contributed by atoms with E-state index in [1.807, 2.05) is 36.4 Å². The quantitative estimate of drug-likeness (QED) is 0.842. The summed E-state index contributed by atoms with van der Waals surface area (Å²) in [6.07, 6.45) is 0. The molecule has 2 nitrogen and oxygen atoms in total. The number of ether oxygens (including phenoxy) is 1. The van der Waals surface area contributed by atoms with Crippen LogP contribution in [0.1, 0.15) is 11.1 Å². The van der Waals surface area contributed by atoms with E-state index in [1.54, 1.807) is 7.11 Å². The third kappa shape index (κ3) is 3.64. The van der Waals surface area contributed by atoms with Crippen molar-refractivity contribution in [2.24, 2.45) is 0 Å². The second-order valence-corrected chi connectivity index (χ2v) is 5.57. The summed E-state index contributed by atoms with van der Waals surface area (Å²) in [7, 11) is 1.66. The maximum absolute atomic E-state index is 6.00. The first-order valence-corrected chi connectivity index (χ1v) is 7.09. The van der Waals surface area contributed by atoms with Gasteiger partial charge in [-0.05, 0) is 58.2 Å². The van der Waals surface area contributed by atoms with E-state index < -0.39 is 0 Å². The van der Waals surface area contributed by atoms with Gasteiger partial charge in [0.15, 0.2) is 0 Å². The van der Waals surface area contributed by atoms with Gasteiger partial charge < -0.3 is 10.1 Å². The number of halogens is 2. The van der Waals surface area contributed by atoms with Gasteiger partial charge in [0.05, 0.1) is 11.6 Å². The minimum absolute atomic E-state index is 0.740. The molecule has 0 aromatic heterocycles. The van der Waals surface area contributed by atoms with Crippen molar-refractivity contribution >= 4 is 33.2 Å². The highest BCUT2D eigenvalue weighted by atomic mass is 79.9. The molecule has 0 heterocycles. The van der Waals surface area contributed by atoms with E-state index >= 15 is 0 Å². The lowest BCUT2D eigenvalue weighted by molar-refractivity contribution is 0.412. The van der Waals surface area contributed by atoms with Crippen LogP contribution in [0.15, 0.2) is 40.9 Å². The number of aryl methyl sites for hydroxylation is 1. The van der Waals surface area contributed by atoms with Crippen molar-refractivity contribution in [3.05, 3.63) is 57.0 Å². The predicted octanol–water partition coefficient (Wildman–Crippen LogP) is 5.03. The summed E-state index contributed by atoms with van der Waals surface area (Å²) in [4.78, 5) is 0. The van der Waals surface area contributed by atoms with Crippen molar-refractivity contribution in [2.45, 2.75) is 13.5 Å². The SMILES string of the molecule is COc1ccc(CNc2cc(Cl)ccc2C)cc1Br. The van der Waals surface area contributed by atoms with Gasteiger partial charge in [-0.25, -0.2) is 0 Å². The molecule has 0 aliphatic carbocycles. The second-order valence-electron chi connectivity index (χ2n) is 4.28. The van der Waals surface area contributed by atoms with Crippen LogP contribution in [0.3, 0.4) is 0 Å². The Balaban J connectivity index is 2.10. The average Bonchev–Trinajstić information content (AvgIpc) is 2.40. The van der Waals surface area contributed by atoms with Gasteiger partial charge in [-0.3, -0.25) is 0 Å². The third-order valence-electron chi connectivity index (χ3n) is 2.90. The molecule has 0 aliphatic rings. The summed E-state index contributed by atoms with van der Waals surface area (Å²) in [6, 6.07) is 11.9. The molecule has 4 heteroatoms. The molecule has 2 rings (SSSR count). The van der Waals surface area contributed by atoms with Crippen LogP contribution in [0.25, 0.3) is 0 Å². The summed E-state index contributed by atoms with van der Waals surface area (Å²) < 4.78 is 6.17. The normalized spacial score (nSPS) is 10.3. The molecular weight excluding hydrogens is 326 g/mol. The molecule has 0 radical (unpaired) electrons. The molecule has 0 amide bonds. The first-order chi connectivity index (χ1) is 9.10. The average molecular weight is 341 g/mol. The van der Waals surface area contributed by atoms with Crippen LogP contribution in [0.2, 0.25) is 5.02 Å². The van der Waals surface area contributed by atoms with Gasteiger partial charge in [-0.15, -0.1) is 0 Å². The van der Waals surface area contributed by atoms with Crippen LogP contribution in [0, 0.1) is 6.92 Å². The minimum Gasteiger partial charge on any atom is -0.496 e. The van der Waals surface area contributed by atoms with Crippen LogP contribution in [0.4, 0.5) is 5.69 Å². The van der Waals surface area contributed by atoms with Crippen molar-refractivity contribution in [2.75, 3.05) is 12.4 Å². The number of benzene rings is 2. The predicted molar refractivity (Wildman–Crippen MR) is 84.2 cm³/mol. The van der Waals surface area contributed by atoms with Crippen LogP contribution in [-0.2, 0) is 6.54 Å². The number of rotatable bonds is 4. The van der Waals surface area contributed by atoms with Gasteiger partial charge in [0.25, 0.3) is 0 Å². The maximum atomic E-state index is 6.00. The minimum atomic E-state index is 0.740. The summed E-state index contributed by atoms with van der Waals surface area (Å²) in [5.74, 6) is 0.836. The highest BCUT2D eigenvalue weighted by Gasteiger charge is 2.03. The molecule has 2 aromatic rings. The van der Waals surface area contributed by atoms with E-state index in [2.05, 4.69) is 28.2 Å². The molecule has 0 unspecified atom stereocenters. The fourth-order valence-corrected chi connectivity index (χ4v) is 2.56. The molecule has 19 heavy (non-hydrogen) atoms. The first-order valence-electron chi connectivity index (χ1n) is 5.92. The molecule has 0 saturated carbocycles. The van der Waals surface area contributed by atoms with Gasteiger partial charge in [0, 0.05) is 17.3 Å². The zero-order valence-corrected chi connectivity index (χ0v) is 13.2. The van der Waals surface area contributed by atoms with Crippen molar-refractivity contribution < 1.29 is 4.74 Å². The maximum Gasteiger partial charge on any atom is 0.133 e. The van der Waals surface area contributed by atoms with Crippen molar-refractivity contribution in [3.8, 4) is 5.75 Å². The van der Waals surface area contributed by atoms with E-state index in [0.29, 0.717) is 0 Å². The molecule has 0 aliphatic heterocycles. The fourth-order valence-electron chi connectivity index (χ4n) is 1.80. The standard InChI is InChI=1S/C15H15BrClNO/c1-10-3-5-12(17)8-14(10)18-9-11-4-6-15(19-2)13(16)7-11/h3-8,18H,9H2,1-2H3. The highest BCUT2D eigenvalue weighted by Crippen LogP contribution is 2.26. The number of methoxy groups -OCH3 is 1. The monoisotopic (exact) mass is 339 g/mol. The number of nitrogens with one attached hydrogen (secondary N) is 1. The van der Waals surface area contributed by atoms with Crippen LogP contribution in [0.5, 0.6) is 5.75 Å². The van der Waals surface area contributed by atoms with Gasteiger partial charge >= 0.3 is 0 Å². The zero-order valence-electron chi connectivity index (χ0n) is 10.8. The van der Waals surface area contributed by atoms with Crippen LogP contribution >= 0.6 is 27.5 Å². The van der Waals surface area contributed by atoms with Gasteiger partial charge in [-0.2, -0.15) is 0 Å². The third-order valence-corrected chi connectivity index (χ3v) is 3.75. The number of anilines is 1. The smallest absolute Gasteiger partial charge is 0.133 e. The van der Waals surface area contributed by atoms with Crippen molar-refractivity contribution in [1.29, 1.82) is 0 Å². The van der Waals surface area contributed by atoms with E-state index in [-0.39, 0.29) is 0 Å². The van der Waals surface area contributed by atoms with Crippen molar-refractivity contribution in [1.82, 2.24) is 0 Å². The Kier molecular flexibility index (Phi) is 4.72. The molecule has 1 N–H and O–H groups in total. The van der Waals surface area contributed by atoms with E-state index in [9.17, 15) is 0 Å². The van der Waals surface area contributed by atoms with Crippen molar-refractivity contribution in [3.63, 3.8) is 0 Å². The molecular formula is C15H15BrClNO. The summed E-state index contributed by atoms with van der Waals surface area (Å²) >= 11 is 9.49. The summed E-state index contributed by atoms with van der Waals surface area (Å²) in [5, 5.41) is 4.13. The second kappa shape index (κ2) is 6.31. The van der Waals surface area contributed by atoms with Gasteiger partial charge in [-0.1, -0.05) is 23.7 Å². The molecule has 0 saturated heterocycles. The molecule has 100 valence electrons. The largest absolute Gasteiger partial charge is 0.496 e. The van der Waals surface area contributed by atoms with Crippen LogP contribution < -0.4 is 10.1 Å². The molecule has 0 atom stereocenters. The molecule has 0 spiro atoms. The Hall–Kier alpha value is -1.19. The number of hydrogen-bond donors (Lipinski definition) is 1. The molecule has 2 aromatic carbocycles. The molecule has 0 fully saturated rings. The lowest BCUT2D eigenvalue weighted by Gasteiger charge is -2.11. The lowest BCUT2D eigenvalue weighted by atomic mass is 10.1. The Labute approximate surface area is 126 Å². The Morgan fingerprint density at radius 3 is 2.68 bits per heavy atom. The fraction of sp³-hybridized carbons (Fsp3) is 0.200.